The summed E-state index contributed by atoms with van der Waals surface area (Å²) >= 11 is 0. The maximum atomic E-state index is 13.9. The fourth-order valence-electron chi connectivity index (χ4n) is 2.58. The summed E-state index contributed by atoms with van der Waals surface area (Å²) in [4.78, 5) is 14.1. The molecule has 2 rings (SSSR count). The van der Waals surface area contributed by atoms with Crippen molar-refractivity contribution in [3.05, 3.63) is 35.1 Å². The fourth-order valence-corrected chi connectivity index (χ4v) is 2.58. The predicted molar refractivity (Wildman–Crippen MR) is 71.5 cm³/mol. The number of aryl methyl sites for hydroxylation is 1. The smallest absolute Gasteiger partial charge is 0.257 e. The van der Waals surface area contributed by atoms with Gasteiger partial charge in [0.15, 0.2) is 0 Å². The van der Waals surface area contributed by atoms with Gasteiger partial charge in [-0.25, -0.2) is 4.39 Å². The predicted octanol–water partition coefficient (Wildman–Crippen LogP) is 2.51. The molecule has 0 bridgehead atoms. The van der Waals surface area contributed by atoms with Crippen molar-refractivity contribution in [3.63, 3.8) is 0 Å². The first kappa shape index (κ1) is 14.0. The number of carbonyl (C=O) groups is 1. The molecule has 1 aliphatic rings. The van der Waals surface area contributed by atoms with Crippen LogP contribution in [0.25, 0.3) is 0 Å². The second kappa shape index (κ2) is 6.15. The normalized spacial score (nSPS) is 20.2. The van der Waals surface area contributed by atoms with Crippen molar-refractivity contribution in [1.29, 1.82) is 0 Å². The van der Waals surface area contributed by atoms with E-state index in [0.29, 0.717) is 6.54 Å². The highest BCUT2D eigenvalue weighted by atomic mass is 19.1. The molecule has 1 aromatic carbocycles. The minimum atomic E-state index is -0.481. The molecule has 1 amide bonds. The van der Waals surface area contributed by atoms with Crippen LogP contribution in [-0.4, -0.2) is 35.1 Å². The molecule has 1 fully saturated rings. The highest BCUT2D eigenvalue weighted by molar-refractivity contribution is 5.94. The molecule has 1 N–H and O–H groups in total. The van der Waals surface area contributed by atoms with Crippen LogP contribution in [0.3, 0.4) is 0 Å². The Morgan fingerprint density at radius 2 is 2.21 bits per heavy atom. The lowest BCUT2D eigenvalue weighted by molar-refractivity contribution is 0.0595. The number of benzene rings is 1. The average Bonchev–Trinajstić information content (AvgIpc) is 2.63. The molecule has 1 aliphatic heterocycles. The molecule has 1 heterocycles. The van der Waals surface area contributed by atoms with E-state index in [9.17, 15) is 14.3 Å². The van der Waals surface area contributed by atoms with E-state index in [0.717, 1.165) is 31.2 Å². The van der Waals surface area contributed by atoms with E-state index in [-0.39, 0.29) is 24.1 Å². The largest absolute Gasteiger partial charge is 0.394 e. The van der Waals surface area contributed by atoms with Gasteiger partial charge in [-0.2, -0.15) is 0 Å². The molecule has 1 saturated heterocycles. The van der Waals surface area contributed by atoms with Gasteiger partial charge in [0.25, 0.3) is 5.91 Å². The number of likely N-dealkylation sites (tertiary alicyclic amines) is 1. The summed E-state index contributed by atoms with van der Waals surface area (Å²) in [5.74, 6) is -0.788. The average molecular weight is 265 g/mol. The van der Waals surface area contributed by atoms with Crippen LogP contribution < -0.4 is 0 Å². The van der Waals surface area contributed by atoms with Crippen molar-refractivity contribution < 1.29 is 14.3 Å². The van der Waals surface area contributed by atoms with Gasteiger partial charge in [0.1, 0.15) is 5.82 Å². The molecule has 1 aromatic rings. The van der Waals surface area contributed by atoms with Gasteiger partial charge in [0.05, 0.1) is 18.2 Å². The van der Waals surface area contributed by atoms with E-state index in [2.05, 4.69) is 0 Å². The maximum Gasteiger partial charge on any atom is 0.257 e. The standard InChI is InChI=1S/C15H20FNO2/c1-11-6-7-13(14(16)9-11)15(19)17-8-4-2-3-5-12(17)10-18/h6-7,9,12,18H,2-5,8,10H2,1H3. The Bertz CT molecular complexity index is 461. The van der Waals surface area contributed by atoms with E-state index in [1.165, 1.54) is 12.1 Å². The maximum absolute atomic E-state index is 13.9. The lowest BCUT2D eigenvalue weighted by Crippen LogP contribution is -2.42. The van der Waals surface area contributed by atoms with Crippen molar-refractivity contribution in [2.75, 3.05) is 13.2 Å². The topological polar surface area (TPSA) is 40.5 Å². The Kier molecular flexibility index (Phi) is 4.53. The summed E-state index contributed by atoms with van der Waals surface area (Å²) < 4.78 is 13.9. The third-order valence-corrected chi connectivity index (χ3v) is 3.70. The van der Waals surface area contributed by atoms with Crippen molar-refractivity contribution in [2.45, 2.75) is 38.6 Å². The van der Waals surface area contributed by atoms with Crippen LogP contribution in [0.4, 0.5) is 4.39 Å². The highest BCUT2D eigenvalue weighted by Crippen LogP contribution is 2.20. The third kappa shape index (κ3) is 3.13. The molecule has 0 spiro atoms. The second-order valence-corrected chi connectivity index (χ2v) is 5.17. The number of amides is 1. The number of nitrogens with zero attached hydrogens (tertiary/aromatic N) is 1. The van der Waals surface area contributed by atoms with Crippen molar-refractivity contribution in [3.8, 4) is 0 Å². The summed E-state index contributed by atoms with van der Waals surface area (Å²) in [7, 11) is 0. The summed E-state index contributed by atoms with van der Waals surface area (Å²) in [5, 5.41) is 9.41. The van der Waals surface area contributed by atoms with E-state index in [1.54, 1.807) is 17.9 Å². The number of aliphatic hydroxyl groups is 1. The van der Waals surface area contributed by atoms with Crippen LogP contribution in [0.15, 0.2) is 18.2 Å². The van der Waals surface area contributed by atoms with E-state index in [4.69, 9.17) is 0 Å². The number of aliphatic hydroxyl groups excluding tert-OH is 1. The Labute approximate surface area is 113 Å². The zero-order chi connectivity index (χ0) is 13.8. The van der Waals surface area contributed by atoms with Crippen LogP contribution in [-0.2, 0) is 0 Å². The molecule has 3 nitrogen and oxygen atoms in total. The Balaban J connectivity index is 2.25. The van der Waals surface area contributed by atoms with Crippen LogP contribution in [0, 0.1) is 12.7 Å². The lowest BCUT2D eigenvalue weighted by Gasteiger charge is -2.28. The van der Waals surface area contributed by atoms with Crippen LogP contribution in [0.5, 0.6) is 0 Å². The van der Waals surface area contributed by atoms with Crippen molar-refractivity contribution in [1.82, 2.24) is 4.90 Å². The Morgan fingerprint density at radius 3 is 2.89 bits per heavy atom. The van der Waals surface area contributed by atoms with Gasteiger partial charge in [-0.3, -0.25) is 4.79 Å². The molecule has 0 radical (unpaired) electrons. The molecule has 104 valence electrons. The molecular weight excluding hydrogens is 245 g/mol. The quantitative estimate of drug-likeness (QED) is 0.892. The van der Waals surface area contributed by atoms with E-state index < -0.39 is 5.82 Å². The molecule has 0 aromatic heterocycles. The number of hydrogen-bond donors (Lipinski definition) is 1. The van der Waals surface area contributed by atoms with Crippen molar-refractivity contribution in [2.24, 2.45) is 0 Å². The number of hydrogen-bond acceptors (Lipinski definition) is 2. The summed E-state index contributed by atoms with van der Waals surface area (Å²) in [6.07, 6.45) is 3.76. The van der Waals surface area contributed by atoms with Crippen LogP contribution >= 0.6 is 0 Å². The summed E-state index contributed by atoms with van der Waals surface area (Å²) in [6.45, 7) is 2.33. The zero-order valence-corrected chi connectivity index (χ0v) is 11.2. The van der Waals surface area contributed by atoms with Gasteiger partial charge in [-0.05, 0) is 37.5 Å². The van der Waals surface area contributed by atoms with Gasteiger partial charge in [0.2, 0.25) is 0 Å². The third-order valence-electron chi connectivity index (χ3n) is 3.70. The summed E-state index contributed by atoms with van der Waals surface area (Å²) in [5.41, 5.74) is 0.898. The van der Waals surface area contributed by atoms with Crippen LogP contribution in [0.2, 0.25) is 0 Å². The van der Waals surface area contributed by atoms with Gasteiger partial charge in [-0.1, -0.05) is 18.9 Å². The zero-order valence-electron chi connectivity index (χ0n) is 11.2. The molecule has 0 saturated carbocycles. The molecule has 1 atom stereocenters. The molecular formula is C15H20FNO2. The Hall–Kier alpha value is -1.42. The minimum Gasteiger partial charge on any atom is -0.394 e. The van der Waals surface area contributed by atoms with Gasteiger partial charge in [0, 0.05) is 6.54 Å². The molecule has 4 heteroatoms. The van der Waals surface area contributed by atoms with Gasteiger partial charge in [-0.15, -0.1) is 0 Å². The SMILES string of the molecule is Cc1ccc(C(=O)N2CCCCCC2CO)c(F)c1. The van der Waals surface area contributed by atoms with Crippen molar-refractivity contribution >= 4 is 5.91 Å². The monoisotopic (exact) mass is 265 g/mol. The van der Waals surface area contributed by atoms with E-state index in [1.807, 2.05) is 0 Å². The van der Waals surface area contributed by atoms with Gasteiger partial charge >= 0.3 is 0 Å². The lowest BCUT2D eigenvalue weighted by atomic mass is 10.1. The number of halogens is 1. The molecule has 1 unspecified atom stereocenters. The Morgan fingerprint density at radius 1 is 1.42 bits per heavy atom. The summed E-state index contributed by atoms with van der Waals surface area (Å²) in [6, 6.07) is 4.46. The van der Waals surface area contributed by atoms with Gasteiger partial charge < -0.3 is 10.0 Å². The first-order valence-electron chi connectivity index (χ1n) is 6.81. The number of carbonyl (C=O) groups excluding carboxylic acids is 1. The first-order chi connectivity index (χ1) is 9.13. The second-order valence-electron chi connectivity index (χ2n) is 5.17. The number of rotatable bonds is 2. The minimum absolute atomic E-state index is 0.0563. The van der Waals surface area contributed by atoms with E-state index >= 15 is 0 Å². The molecule has 0 aliphatic carbocycles. The molecule has 19 heavy (non-hydrogen) atoms. The fraction of sp³-hybridized carbons (Fsp3) is 0.533. The van der Waals surface area contributed by atoms with Crippen LogP contribution in [0.1, 0.15) is 41.6 Å². The first-order valence-corrected chi connectivity index (χ1v) is 6.81. The highest BCUT2D eigenvalue weighted by Gasteiger charge is 2.27.